The van der Waals surface area contributed by atoms with Crippen molar-refractivity contribution in [3.8, 4) is 5.75 Å². The van der Waals surface area contributed by atoms with Crippen LogP contribution in [0.3, 0.4) is 0 Å². The quantitative estimate of drug-likeness (QED) is 0.840. The molecule has 21 heavy (non-hydrogen) atoms. The van der Waals surface area contributed by atoms with E-state index in [0.717, 1.165) is 12.2 Å². The van der Waals surface area contributed by atoms with Crippen LogP contribution < -0.4 is 10.5 Å². The van der Waals surface area contributed by atoms with Crippen molar-refractivity contribution in [2.24, 2.45) is 17.1 Å². The second-order valence-corrected chi connectivity index (χ2v) is 6.62. The van der Waals surface area contributed by atoms with E-state index in [1.807, 2.05) is 37.4 Å². The highest BCUT2D eigenvalue weighted by atomic mass is 16.5. The Kier molecular flexibility index (Phi) is 6.69. The van der Waals surface area contributed by atoms with E-state index in [1.165, 1.54) is 0 Å². The summed E-state index contributed by atoms with van der Waals surface area (Å²) in [5.74, 6) is 0.805. The molecule has 4 nitrogen and oxygen atoms in total. The summed E-state index contributed by atoms with van der Waals surface area (Å²) < 4.78 is 5.62. The lowest BCUT2D eigenvalue weighted by molar-refractivity contribution is -0.135. The zero-order valence-electron chi connectivity index (χ0n) is 13.6. The first-order chi connectivity index (χ1) is 9.83. The summed E-state index contributed by atoms with van der Waals surface area (Å²) >= 11 is 0. The highest BCUT2D eigenvalue weighted by molar-refractivity contribution is 5.78. The topological polar surface area (TPSA) is 55.6 Å². The minimum Gasteiger partial charge on any atom is -0.492 e. The lowest BCUT2D eigenvalue weighted by atomic mass is 9.84. The second-order valence-electron chi connectivity index (χ2n) is 6.62. The smallest absolute Gasteiger partial charge is 0.226 e. The number of carbonyl (C=O) groups excluding carboxylic acids is 1. The molecule has 0 saturated carbocycles. The van der Waals surface area contributed by atoms with Gasteiger partial charge in [-0.15, -0.1) is 0 Å². The summed E-state index contributed by atoms with van der Waals surface area (Å²) in [7, 11) is 1.81. The Morgan fingerprint density at radius 2 is 1.90 bits per heavy atom. The van der Waals surface area contributed by atoms with E-state index in [2.05, 4.69) is 20.8 Å². The molecule has 2 N–H and O–H groups in total. The molecule has 0 aliphatic rings. The second kappa shape index (κ2) is 8.03. The lowest BCUT2D eigenvalue weighted by Gasteiger charge is -2.28. The third-order valence-electron chi connectivity index (χ3n) is 3.31. The third-order valence-corrected chi connectivity index (χ3v) is 3.31. The van der Waals surface area contributed by atoms with Crippen molar-refractivity contribution in [2.75, 3.05) is 26.7 Å². The van der Waals surface area contributed by atoms with Gasteiger partial charge in [0.1, 0.15) is 12.4 Å². The van der Waals surface area contributed by atoms with Gasteiger partial charge in [-0.25, -0.2) is 0 Å². The molecule has 0 fully saturated rings. The minimum absolute atomic E-state index is 0.0983. The summed E-state index contributed by atoms with van der Waals surface area (Å²) in [6.45, 7) is 7.82. The lowest BCUT2D eigenvalue weighted by Crippen LogP contribution is -2.40. The molecule has 1 unspecified atom stereocenters. The molecule has 0 heterocycles. The third kappa shape index (κ3) is 6.63. The Labute approximate surface area is 128 Å². The van der Waals surface area contributed by atoms with Gasteiger partial charge in [0, 0.05) is 13.6 Å². The zero-order valence-corrected chi connectivity index (χ0v) is 13.6. The molecule has 0 saturated heterocycles. The summed E-state index contributed by atoms with van der Waals surface area (Å²) in [5, 5.41) is 0. The van der Waals surface area contributed by atoms with Crippen LogP contribution in [0.5, 0.6) is 5.75 Å². The minimum atomic E-state index is -0.119. The van der Waals surface area contributed by atoms with Crippen LogP contribution >= 0.6 is 0 Å². The molecule has 0 bridgehead atoms. The molecule has 118 valence electrons. The van der Waals surface area contributed by atoms with E-state index < -0.39 is 0 Å². The van der Waals surface area contributed by atoms with Gasteiger partial charge in [0.05, 0.1) is 12.5 Å². The van der Waals surface area contributed by atoms with E-state index >= 15 is 0 Å². The number of para-hydroxylation sites is 1. The number of carbonyl (C=O) groups is 1. The van der Waals surface area contributed by atoms with Crippen LogP contribution in [0.2, 0.25) is 0 Å². The Morgan fingerprint density at radius 3 is 2.43 bits per heavy atom. The van der Waals surface area contributed by atoms with Crippen molar-refractivity contribution in [1.29, 1.82) is 0 Å². The molecule has 0 aliphatic heterocycles. The molecule has 0 aliphatic carbocycles. The Morgan fingerprint density at radius 1 is 1.29 bits per heavy atom. The largest absolute Gasteiger partial charge is 0.492 e. The van der Waals surface area contributed by atoms with Crippen molar-refractivity contribution in [2.45, 2.75) is 27.2 Å². The number of hydrogen-bond acceptors (Lipinski definition) is 3. The van der Waals surface area contributed by atoms with Gasteiger partial charge in [-0.2, -0.15) is 0 Å². The number of likely N-dealkylation sites (N-methyl/N-ethyl adjacent to an activating group) is 1. The van der Waals surface area contributed by atoms with Gasteiger partial charge in [-0.3, -0.25) is 4.79 Å². The summed E-state index contributed by atoms with van der Waals surface area (Å²) in [5.41, 5.74) is 5.86. The fourth-order valence-corrected chi connectivity index (χ4v) is 2.25. The van der Waals surface area contributed by atoms with Crippen molar-refractivity contribution in [3.63, 3.8) is 0 Å². The molecule has 0 spiro atoms. The van der Waals surface area contributed by atoms with Crippen molar-refractivity contribution in [1.82, 2.24) is 4.90 Å². The average Bonchev–Trinajstić information content (AvgIpc) is 2.44. The fourth-order valence-electron chi connectivity index (χ4n) is 2.25. The highest BCUT2D eigenvalue weighted by Crippen LogP contribution is 2.24. The number of ether oxygens (including phenoxy) is 1. The van der Waals surface area contributed by atoms with E-state index in [0.29, 0.717) is 19.7 Å². The molecular weight excluding hydrogens is 264 g/mol. The number of nitrogens with zero attached hydrogens (tertiary/aromatic N) is 1. The normalized spacial score (nSPS) is 12.8. The number of hydrogen-bond donors (Lipinski definition) is 1. The maximum Gasteiger partial charge on any atom is 0.226 e. The van der Waals surface area contributed by atoms with Crippen LogP contribution in [0.4, 0.5) is 0 Å². The Hall–Kier alpha value is -1.55. The van der Waals surface area contributed by atoms with Gasteiger partial charge in [0.2, 0.25) is 5.91 Å². The molecule has 1 aromatic carbocycles. The van der Waals surface area contributed by atoms with E-state index in [-0.39, 0.29) is 17.2 Å². The molecule has 4 heteroatoms. The van der Waals surface area contributed by atoms with Crippen LogP contribution in [0.1, 0.15) is 27.2 Å². The number of nitrogens with two attached hydrogens (primary N) is 1. The Bertz CT molecular complexity index is 426. The molecule has 1 aromatic rings. The van der Waals surface area contributed by atoms with Gasteiger partial charge in [-0.1, -0.05) is 39.0 Å². The predicted octanol–water partition coefficient (Wildman–Crippen LogP) is 2.53. The van der Waals surface area contributed by atoms with Crippen molar-refractivity contribution >= 4 is 5.91 Å². The molecule has 0 radical (unpaired) electrons. The van der Waals surface area contributed by atoms with Gasteiger partial charge in [0.25, 0.3) is 0 Å². The predicted molar refractivity (Wildman–Crippen MR) is 86.2 cm³/mol. The van der Waals surface area contributed by atoms with E-state index in [9.17, 15) is 4.79 Å². The van der Waals surface area contributed by atoms with E-state index in [4.69, 9.17) is 10.5 Å². The highest BCUT2D eigenvalue weighted by Gasteiger charge is 2.25. The van der Waals surface area contributed by atoms with Crippen LogP contribution in [0, 0.1) is 11.3 Å². The SMILES string of the molecule is CN(CCOc1ccccc1)C(=O)C(CN)CC(C)(C)C. The maximum absolute atomic E-state index is 12.4. The first kappa shape index (κ1) is 17.5. The van der Waals surface area contributed by atoms with E-state index in [1.54, 1.807) is 4.90 Å². The summed E-state index contributed by atoms with van der Waals surface area (Å²) in [4.78, 5) is 14.1. The number of benzene rings is 1. The zero-order chi connectivity index (χ0) is 15.9. The first-order valence-electron chi connectivity index (χ1n) is 7.46. The van der Waals surface area contributed by atoms with Crippen LogP contribution in [0.25, 0.3) is 0 Å². The van der Waals surface area contributed by atoms with Gasteiger partial charge in [-0.05, 0) is 24.0 Å². The molecular formula is C17H28N2O2. The van der Waals surface area contributed by atoms with Crippen molar-refractivity contribution < 1.29 is 9.53 Å². The Balaban J connectivity index is 2.42. The fraction of sp³-hybridized carbons (Fsp3) is 0.588. The summed E-state index contributed by atoms with van der Waals surface area (Å²) in [6.07, 6.45) is 0.798. The van der Waals surface area contributed by atoms with Crippen LogP contribution in [0.15, 0.2) is 30.3 Å². The molecule has 1 amide bonds. The standard InChI is InChI=1S/C17H28N2O2/c1-17(2,3)12-14(13-18)16(20)19(4)10-11-21-15-8-6-5-7-9-15/h5-9,14H,10-13,18H2,1-4H3. The monoisotopic (exact) mass is 292 g/mol. The molecule has 1 atom stereocenters. The number of rotatable bonds is 7. The van der Waals surface area contributed by atoms with Gasteiger partial charge >= 0.3 is 0 Å². The van der Waals surface area contributed by atoms with Crippen LogP contribution in [-0.4, -0.2) is 37.6 Å². The van der Waals surface area contributed by atoms with Gasteiger partial charge < -0.3 is 15.4 Å². The number of amides is 1. The molecule has 0 aromatic heterocycles. The summed E-state index contributed by atoms with van der Waals surface area (Å²) in [6, 6.07) is 9.62. The maximum atomic E-state index is 12.4. The van der Waals surface area contributed by atoms with Crippen molar-refractivity contribution in [3.05, 3.63) is 30.3 Å². The van der Waals surface area contributed by atoms with Crippen LogP contribution in [-0.2, 0) is 4.79 Å². The van der Waals surface area contributed by atoms with Gasteiger partial charge in [0.15, 0.2) is 0 Å². The first-order valence-corrected chi connectivity index (χ1v) is 7.46. The average molecular weight is 292 g/mol. The molecule has 1 rings (SSSR count).